The number of aliphatic hydroxyl groups is 1. The van der Waals surface area contributed by atoms with Crippen LogP contribution in [-0.4, -0.2) is 17.3 Å². The monoisotopic (exact) mass is 319 g/mol. The van der Waals surface area contributed by atoms with E-state index in [1.807, 2.05) is 19.2 Å². The van der Waals surface area contributed by atoms with Crippen molar-refractivity contribution in [2.24, 2.45) is 0 Å². The highest BCUT2D eigenvalue weighted by Crippen LogP contribution is 2.20. The summed E-state index contributed by atoms with van der Waals surface area (Å²) in [4.78, 5) is 12.3. The lowest BCUT2D eigenvalue weighted by atomic mass is 10.1. The number of hydrogen-bond acceptors (Lipinski definition) is 3. The predicted octanol–water partition coefficient (Wildman–Crippen LogP) is 3.74. The van der Waals surface area contributed by atoms with Crippen molar-refractivity contribution in [1.29, 1.82) is 0 Å². The van der Waals surface area contributed by atoms with E-state index in [4.69, 9.17) is 0 Å². The number of rotatable bonds is 5. The lowest BCUT2D eigenvalue weighted by Crippen LogP contribution is -2.13. The van der Waals surface area contributed by atoms with Crippen LogP contribution in [0.1, 0.15) is 27.0 Å². The molecular formula is C17H18FNO2S. The highest BCUT2D eigenvalue weighted by atomic mass is 32.2. The number of benzene rings is 2. The molecule has 116 valence electrons. The number of aliphatic hydroxyl groups excluding tert-OH is 1. The zero-order chi connectivity index (χ0) is 16.1. The van der Waals surface area contributed by atoms with Crippen molar-refractivity contribution in [2.45, 2.75) is 19.3 Å². The van der Waals surface area contributed by atoms with Crippen molar-refractivity contribution < 1.29 is 14.3 Å². The second-order valence-corrected chi connectivity index (χ2v) is 5.87. The van der Waals surface area contributed by atoms with Gasteiger partial charge >= 0.3 is 0 Å². The highest BCUT2D eigenvalue weighted by molar-refractivity contribution is 7.97. The van der Waals surface area contributed by atoms with Gasteiger partial charge in [0.2, 0.25) is 0 Å². The number of nitrogens with one attached hydrogen (secondary N) is 1. The third kappa shape index (κ3) is 3.87. The minimum absolute atomic E-state index is 0.0857. The second-order valence-electron chi connectivity index (χ2n) is 5.00. The van der Waals surface area contributed by atoms with Crippen LogP contribution in [-0.2, 0) is 12.4 Å². The van der Waals surface area contributed by atoms with E-state index in [1.54, 1.807) is 18.2 Å². The fourth-order valence-electron chi connectivity index (χ4n) is 2.08. The Morgan fingerprint density at radius 3 is 2.73 bits per heavy atom. The topological polar surface area (TPSA) is 49.3 Å². The van der Waals surface area contributed by atoms with Crippen molar-refractivity contribution in [3.8, 4) is 0 Å². The first-order valence-electron chi connectivity index (χ1n) is 6.84. The molecule has 2 aromatic carbocycles. The van der Waals surface area contributed by atoms with E-state index in [0.29, 0.717) is 22.6 Å². The summed E-state index contributed by atoms with van der Waals surface area (Å²) in [5.74, 6) is -0.0729. The Morgan fingerprint density at radius 2 is 2.05 bits per heavy atom. The van der Waals surface area contributed by atoms with Gasteiger partial charge in [0.05, 0.1) is 6.61 Å². The molecule has 0 spiro atoms. The Bertz CT molecular complexity index is 688. The van der Waals surface area contributed by atoms with Crippen molar-refractivity contribution in [2.75, 3.05) is 11.6 Å². The van der Waals surface area contributed by atoms with Crippen LogP contribution >= 0.6 is 11.8 Å². The Hall–Kier alpha value is -1.85. The van der Waals surface area contributed by atoms with Gasteiger partial charge in [0, 0.05) is 17.0 Å². The summed E-state index contributed by atoms with van der Waals surface area (Å²) in [7, 11) is 0. The second kappa shape index (κ2) is 7.42. The van der Waals surface area contributed by atoms with E-state index >= 15 is 0 Å². The minimum atomic E-state index is -0.302. The molecule has 0 bridgehead atoms. The number of amides is 1. The maximum absolute atomic E-state index is 13.6. The van der Waals surface area contributed by atoms with Gasteiger partial charge in [-0.25, -0.2) is 4.39 Å². The number of halogens is 1. The third-order valence-corrected chi connectivity index (χ3v) is 3.94. The molecule has 5 heteroatoms. The highest BCUT2D eigenvalue weighted by Gasteiger charge is 2.11. The number of thioether (sulfide) groups is 1. The number of carbonyl (C=O) groups is 1. The Kier molecular flexibility index (Phi) is 5.57. The van der Waals surface area contributed by atoms with Gasteiger partial charge in [-0.15, -0.1) is 0 Å². The zero-order valence-corrected chi connectivity index (χ0v) is 13.3. The van der Waals surface area contributed by atoms with E-state index in [2.05, 4.69) is 5.32 Å². The van der Waals surface area contributed by atoms with E-state index in [1.165, 1.54) is 23.9 Å². The molecule has 3 nitrogen and oxygen atoms in total. The molecule has 0 unspecified atom stereocenters. The maximum Gasteiger partial charge on any atom is 0.255 e. The standard InChI is InChI=1S/C17H18FNO2S/c1-11-3-4-12(9-20)7-16(11)19-17(21)13-5-6-15(18)14(8-13)10-22-2/h3-8,20H,9-10H2,1-2H3,(H,19,21). The lowest BCUT2D eigenvalue weighted by Gasteiger charge is -2.11. The molecule has 0 saturated heterocycles. The van der Waals surface area contributed by atoms with Gasteiger partial charge in [0.15, 0.2) is 0 Å². The quantitative estimate of drug-likeness (QED) is 0.882. The van der Waals surface area contributed by atoms with Gasteiger partial charge in [-0.2, -0.15) is 11.8 Å². The van der Waals surface area contributed by atoms with Gasteiger partial charge < -0.3 is 10.4 Å². The third-order valence-electron chi connectivity index (χ3n) is 3.34. The smallest absolute Gasteiger partial charge is 0.255 e. The molecule has 1 amide bonds. The van der Waals surface area contributed by atoms with Gasteiger partial charge in [-0.1, -0.05) is 12.1 Å². The fourth-order valence-corrected chi connectivity index (χ4v) is 2.61. The minimum Gasteiger partial charge on any atom is -0.392 e. The molecule has 0 aromatic heterocycles. The number of aryl methyl sites for hydroxylation is 1. The van der Waals surface area contributed by atoms with Crippen molar-refractivity contribution in [1.82, 2.24) is 0 Å². The van der Waals surface area contributed by atoms with Crippen LogP contribution < -0.4 is 5.32 Å². The van der Waals surface area contributed by atoms with Crippen LogP contribution in [0.3, 0.4) is 0 Å². The molecule has 0 atom stereocenters. The molecule has 0 radical (unpaired) electrons. The number of anilines is 1. The summed E-state index contributed by atoms with van der Waals surface area (Å²) in [6, 6.07) is 9.74. The molecule has 22 heavy (non-hydrogen) atoms. The van der Waals surface area contributed by atoms with Crippen molar-refractivity contribution in [3.63, 3.8) is 0 Å². The summed E-state index contributed by atoms with van der Waals surface area (Å²) < 4.78 is 13.6. The molecule has 0 aliphatic rings. The largest absolute Gasteiger partial charge is 0.392 e. The molecule has 0 aliphatic carbocycles. The normalized spacial score (nSPS) is 10.5. The molecule has 0 saturated carbocycles. The van der Waals surface area contributed by atoms with E-state index in [-0.39, 0.29) is 18.3 Å². The molecule has 2 rings (SSSR count). The van der Waals surface area contributed by atoms with E-state index in [9.17, 15) is 14.3 Å². The Labute approximate surface area is 133 Å². The predicted molar refractivity (Wildman–Crippen MR) is 88.7 cm³/mol. The van der Waals surface area contributed by atoms with E-state index < -0.39 is 0 Å². The lowest BCUT2D eigenvalue weighted by molar-refractivity contribution is 0.102. The van der Waals surface area contributed by atoms with Gasteiger partial charge in [0.25, 0.3) is 5.91 Å². The number of carbonyl (C=O) groups excluding carboxylic acids is 1. The van der Waals surface area contributed by atoms with Gasteiger partial charge in [0.1, 0.15) is 5.82 Å². The van der Waals surface area contributed by atoms with Gasteiger partial charge in [-0.05, 0) is 54.1 Å². The van der Waals surface area contributed by atoms with Gasteiger partial charge in [-0.3, -0.25) is 4.79 Å². The molecule has 0 fully saturated rings. The number of hydrogen-bond donors (Lipinski definition) is 2. The summed E-state index contributed by atoms with van der Waals surface area (Å²) >= 11 is 1.50. The summed E-state index contributed by atoms with van der Waals surface area (Å²) in [5.41, 5.74) is 3.20. The van der Waals surface area contributed by atoms with Crippen molar-refractivity contribution >= 4 is 23.4 Å². The summed E-state index contributed by atoms with van der Waals surface area (Å²) in [6.45, 7) is 1.79. The van der Waals surface area contributed by atoms with Crippen LogP contribution in [0.2, 0.25) is 0 Å². The zero-order valence-electron chi connectivity index (χ0n) is 12.5. The van der Waals surface area contributed by atoms with Crippen molar-refractivity contribution in [3.05, 3.63) is 64.5 Å². The first kappa shape index (κ1) is 16.5. The van der Waals surface area contributed by atoms with E-state index in [0.717, 1.165) is 11.1 Å². The summed E-state index contributed by atoms with van der Waals surface area (Å²) in [6.07, 6.45) is 1.88. The average molecular weight is 319 g/mol. The molecule has 0 heterocycles. The van der Waals surface area contributed by atoms with Crippen LogP contribution in [0.4, 0.5) is 10.1 Å². The van der Waals surface area contributed by atoms with Crippen LogP contribution in [0.15, 0.2) is 36.4 Å². The van der Waals surface area contributed by atoms with Crippen LogP contribution in [0, 0.1) is 12.7 Å². The molecule has 2 N–H and O–H groups in total. The Balaban J connectivity index is 2.24. The SMILES string of the molecule is CSCc1cc(C(=O)Nc2cc(CO)ccc2C)ccc1F. The van der Waals surface area contributed by atoms with Crippen LogP contribution in [0.25, 0.3) is 0 Å². The van der Waals surface area contributed by atoms with Crippen LogP contribution in [0.5, 0.6) is 0 Å². The first-order chi connectivity index (χ1) is 10.5. The molecular weight excluding hydrogens is 301 g/mol. The maximum atomic E-state index is 13.6. The Morgan fingerprint density at radius 1 is 1.27 bits per heavy atom. The molecule has 0 aliphatic heterocycles. The summed E-state index contributed by atoms with van der Waals surface area (Å²) in [5, 5.41) is 12.0. The fraction of sp³-hybridized carbons (Fsp3) is 0.235. The first-order valence-corrected chi connectivity index (χ1v) is 8.23. The molecule has 2 aromatic rings. The average Bonchev–Trinajstić information content (AvgIpc) is 2.51.